The summed E-state index contributed by atoms with van der Waals surface area (Å²) in [6, 6.07) is 8.04. The van der Waals surface area contributed by atoms with E-state index >= 15 is 0 Å². The van der Waals surface area contributed by atoms with Crippen LogP contribution in [0.2, 0.25) is 0 Å². The van der Waals surface area contributed by atoms with Crippen LogP contribution in [0.3, 0.4) is 0 Å². The molecule has 4 heteroatoms. The molecule has 2 rings (SSSR count). The van der Waals surface area contributed by atoms with E-state index in [1.165, 1.54) is 5.56 Å². The Hall–Kier alpha value is -1.94. The van der Waals surface area contributed by atoms with Gasteiger partial charge in [-0.25, -0.2) is 4.98 Å². The van der Waals surface area contributed by atoms with Gasteiger partial charge < -0.3 is 10.1 Å². The number of para-hydroxylation sites is 1. The van der Waals surface area contributed by atoms with Gasteiger partial charge in [0.05, 0.1) is 18.1 Å². The van der Waals surface area contributed by atoms with E-state index in [0.717, 1.165) is 31.0 Å². The Labute approximate surface area is 126 Å². The van der Waals surface area contributed by atoms with E-state index in [-0.39, 0.29) is 0 Å². The second-order valence-corrected chi connectivity index (χ2v) is 5.32. The van der Waals surface area contributed by atoms with Gasteiger partial charge in [-0.2, -0.15) is 0 Å². The second-order valence-electron chi connectivity index (χ2n) is 5.32. The third kappa shape index (κ3) is 4.53. The standard InChI is InChI=1S/C17H23N3O/c1-4-9-18-10-14-11-20-17(12-19-14)21-16-8-6-5-7-15(16)13(2)3/h5-8,11-13,18H,4,9-10H2,1-3H3. The van der Waals surface area contributed by atoms with Gasteiger partial charge in [-0.1, -0.05) is 39.0 Å². The maximum Gasteiger partial charge on any atom is 0.237 e. The molecule has 1 heterocycles. The van der Waals surface area contributed by atoms with Crippen molar-refractivity contribution < 1.29 is 4.74 Å². The molecule has 1 aromatic carbocycles. The molecule has 0 aliphatic heterocycles. The quantitative estimate of drug-likeness (QED) is 0.784. The lowest BCUT2D eigenvalue weighted by Gasteiger charge is -2.12. The molecule has 0 saturated heterocycles. The zero-order valence-electron chi connectivity index (χ0n) is 13.0. The molecular formula is C17H23N3O. The van der Waals surface area contributed by atoms with Gasteiger partial charge in [-0.3, -0.25) is 4.98 Å². The van der Waals surface area contributed by atoms with Crippen LogP contribution < -0.4 is 10.1 Å². The molecule has 21 heavy (non-hydrogen) atoms. The normalized spacial score (nSPS) is 10.9. The topological polar surface area (TPSA) is 47.0 Å². The monoisotopic (exact) mass is 285 g/mol. The van der Waals surface area contributed by atoms with E-state index in [9.17, 15) is 0 Å². The van der Waals surface area contributed by atoms with E-state index in [0.29, 0.717) is 11.8 Å². The Bertz CT molecular complexity index is 552. The van der Waals surface area contributed by atoms with Gasteiger partial charge in [0.1, 0.15) is 5.75 Å². The number of benzene rings is 1. The Balaban J connectivity index is 2.03. The van der Waals surface area contributed by atoms with Crippen LogP contribution in [0.5, 0.6) is 11.6 Å². The molecule has 0 aliphatic carbocycles. The summed E-state index contributed by atoms with van der Waals surface area (Å²) in [4.78, 5) is 8.70. The number of ether oxygens (including phenoxy) is 1. The Morgan fingerprint density at radius 2 is 1.95 bits per heavy atom. The highest BCUT2D eigenvalue weighted by atomic mass is 16.5. The SMILES string of the molecule is CCCNCc1cnc(Oc2ccccc2C(C)C)cn1. The number of nitrogens with zero attached hydrogens (tertiary/aromatic N) is 2. The first-order chi connectivity index (χ1) is 10.2. The van der Waals surface area contributed by atoms with Crippen LogP contribution in [0.4, 0.5) is 0 Å². The van der Waals surface area contributed by atoms with E-state index in [4.69, 9.17) is 4.74 Å². The number of nitrogens with one attached hydrogen (secondary N) is 1. The second kappa shape index (κ2) is 7.74. The summed E-state index contributed by atoms with van der Waals surface area (Å²) in [5.41, 5.74) is 2.10. The van der Waals surface area contributed by atoms with Crippen molar-refractivity contribution >= 4 is 0 Å². The Kier molecular flexibility index (Phi) is 5.69. The molecule has 2 aromatic rings. The van der Waals surface area contributed by atoms with E-state index < -0.39 is 0 Å². The highest BCUT2D eigenvalue weighted by molar-refractivity contribution is 5.37. The zero-order valence-corrected chi connectivity index (χ0v) is 13.0. The van der Waals surface area contributed by atoms with Crippen molar-refractivity contribution in [3.8, 4) is 11.6 Å². The third-order valence-corrected chi connectivity index (χ3v) is 3.17. The third-order valence-electron chi connectivity index (χ3n) is 3.17. The molecule has 0 bridgehead atoms. The van der Waals surface area contributed by atoms with Crippen LogP contribution in [0, 0.1) is 0 Å². The van der Waals surface area contributed by atoms with Crippen LogP contribution >= 0.6 is 0 Å². The molecule has 0 saturated carbocycles. The number of hydrogen-bond donors (Lipinski definition) is 1. The van der Waals surface area contributed by atoms with Crippen molar-refractivity contribution in [3.63, 3.8) is 0 Å². The van der Waals surface area contributed by atoms with Crippen molar-refractivity contribution in [2.24, 2.45) is 0 Å². The molecule has 0 unspecified atom stereocenters. The summed E-state index contributed by atoms with van der Waals surface area (Å²) >= 11 is 0. The first kappa shape index (κ1) is 15.4. The fourth-order valence-corrected chi connectivity index (χ4v) is 2.04. The van der Waals surface area contributed by atoms with Gasteiger partial charge in [0.15, 0.2) is 0 Å². The van der Waals surface area contributed by atoms with Gasteiger partial charge in [-0.05, 0) is 30.5 Å². The maximum atomic E-state index is 5.86. The number of hydrogen-bond acceptors (Lipinski definition) is 4. The largest absolute Gasteiger partial charge is 0.437 e. The van der Waals surface area contributed by atoms with Crippen LogP contribution in [-0.4, -0.2) is 16.5 Å². The van der Waals surface area contributed by atoms with Crippen LogP contribution in [0.15, 0.2) is 36.7 Å². The lowest BCUT2D eigenvalue weighted by molar-refractivity contribution is 0.450. The lowest BCUT2D eigenvalue weighted by atomic mass is 10.0. The van der Waals surface area contributed by atoms with Crippen molar-refractivity contribution in [2.75, 3.05) is 6.54 Å². The first-order valence-electron chi connectivity index (χ1n) is 7.49. The molecule has 0 radical (unpaired) electrons. The predicted molar refractivity (Wildman–Crippen MR) is 84.6 cm³/mol. The molecule has 0 atom stereocenters. The van der Waals surface area contributed by atoms with Gasteiger partial charge in [0.2, 0.25) is 5.88 Å². The number of rotatable bonds is 7. The van der Waals surface area contributed by atoms with Crippen LogP contribution in [0.1, 0.15) is 44.4 Å². The molecule has 1 N–H and O–H groups in total. The summed E-state index contributed by atoms with van der Waals surface area (Å²) in [5.74, 6) is 1.78. The van der Waals surface area contributed by atoms with E-state index in [2.05, 4.69) is 42.1 Å². The minimum Gasteiger partial charge on any atom is -0.437 e. The molecule has 1 aromatic heterocycles. The van der Waals surface area contributed by atoms with Gasteiger partial charge in [0.25, 0.3) is 0 Å². The summed E-state index contributed by atoms with van der Waals surface area (Å²) in [7, 11) is 0. The van der Waals surface area contributed by atoms with Gasteiger partial charge >= 0.3 is 0 Å². The molecule has 0 aliphatic rings. The van der Waals surface area contributed by atoms with Crippen molar-refractivity contribution in [3.05, 3.63) is 47.9 Å². The predicted octanol–water partition coefficient (Wildman–Crippen LogP) is 3.89. The molecular weight excluding hydrogens is 262 g/mol. The molecule has 0 spiro atoms. The van der Waals surface area contributed by atoms with Crippen LogP contribution in [0.25, 0.3) is 0 Å². The fourth-order valence-electron chi connectivity index (χ4n) is 2.04. The van der Waals surface area contributed by atoms with E-state index in [1.807, 2.05) is 18.2 Å². The van der Waals surface area contributed by atoms with Gasteiger partial charge in [0, 0.05) is 6.54 Å². The summed E-state index contributed by atoms with van der Waals surface area (Å²) in [6.45, 7) is 8.17. The zero-order chi connectivity index (χ0) is 15.1. The Morgan fingerprint density at radius 3 is 2.62 bits per heavy atom. The van der Waals surface area contributed by atoms with Crippen molar-refractivity contribution in [2.45, 2.75) is 39.7 Å². The Morgan fingerprint density at radius 1 is 1.14 bits per heavy atom. The molecule has 0 fully saturated rings. The first-order valence-corrected chi connectivity index (χ1v) is 7.49. The summed E-state index contributed by atoms with van der Waals surface area (Å²) in [5, 5.41) is 3.30. The average Bonchev–Trinajstić information content (AvgIpc) is 2.50. The van der Waals surface area contributed by atoms with E-state index in [1.54, 1.807) is 12.4 Å². The average molecular weight is 285 g/mol. The van der Waals surface area contributed by atoms with Crippen molar-refractivity contribution in [1.82, 2.24) is 15.3 Å². The highest BCUT2D eigenvalue weighted by Gasteiger charge is 2.08. The lowest BCUT2D eigenvalue weighted by Crippen LogP contribution is -2.14. The van der Waals surface area contributed by atoms with Gasteiger partial charge in [-0.15, -0.1) is 0 Å². The molecule has 112 valence electrons. The maximum absolute atomic E-state index is 5.86. The smallest absolute Gasteiger partial charge is 0.237 e. The summed E-state index contributed by atoms with van der Waals surface area (Å²) < 4.78 is 5.86. The minimum absolute atomic E-state index is 0.409. The summed E-state index contributed by atoms with van der Waals surface area (Å²) in [6.07, 6.45) is 4.55. The minimum atomic E-state index is 0.409. The van der Waals surface area contributed by atoms with Crippen molar-refractivity contribution in [1.29, 1.82) is 0 Å². The number of aromatic nitrogens is 2. The highest BCUT2D eigenvalue weighted by Crippen LogP contribution is 2.29. The molecule has 4 nitrogen and oxygen atoms in total. The molecule has 0 amide bonds. The van der Waals surface area contributed by atoms with Crippen LogP contribution in [-0.2, 0) is 6.54 Å². The fraction of sp³-hybridized carbons (Fsp3) is 0.412.